The van der Waals surface area contributed by atoms with Gasteiger partial charge in [-0.2, -0.15) is 0 Å². The van der Waals surface area contributed by atoms with E-state index in [0.717, 1.165) is 24.9 Å². The van der Waals surface area contributed by atoms with E-state index in [2.05, 4.69) is 17.6 Å². The SMILES string of the molecule is Cc1cc2c(n1-c1ccc(Cl)c(Cl)c1)CCCC2N. The molecule has 0 spiro atoms. The highest BCUT2D eigenvalue weighted by atomic mass is 35.5. The molecule has 0 aliphatic heterocycles. The van der Waals surface area contributed by atoms with Gasteiger partial charge in [-0.1, -0.05) is 23.2 Å². The molecule has 0 amide bonds. The topological polar surface area (TPSA) is 30.9 Å². The van der Waals surface area contributed by atoms with E-state index in [1.807, 2.05) is 18.2 Å². The van der Waals surface area contributed by atoms with E-state index < -0.39 is 0 Å². The van der Waals surface area contributed by atoms with Gasteiger partial charge < -0.3 is 10.3 Å². The van der Waals surface area contributed by atoms with Gasteiger partial charge >= 0.3 is 0 Å². The molecule has 3 rings (SSSR count). The predicted molar refractivity (Wildman–Crippen MR) is 80.4 cm³/mol. The van der Waals surface area contributed by atoms with Crippen LogP contribution in [-0.4, -0.2) is 4.57 Å². The highest BCUT2D eigenvalue weighted by molar-refractivity contribution is 6.42. The van der Waals surface area contributed by atoms with Crippen LogP contribution in [0.2, 0.25) is 10.0 Å². The smallest absolute Gasteiger partial charge is 0.0613 e. The fourth-order valence-corrected chi connectivity index (χ4v) is 3.21. The Balaban J connectivity index is 2.17. The van der Waals surface area contributed by atoms with Gasteiger partial charge in [0.25, 0.3) is 0 Å². The average Bonchev–Trinajstić information content (AvgIpc) is 2.71. The first-order chi connectivity index (χ1) is 9.08. The molecule has 100 valence electrons. The van der Waals surface area contributed by atoms with E-state index in [-0.39, 0.29) is 6.04 Å². The summed E-state index contributed by atoms with van der Waals surface area (Å²) in [7, 11) is 0. The molecule has 1 atom stereocenters. The molecule has 0 bridgehead atoms. The lowest BCUT2D eigenvalue weighted by molar-refractivity contribution is 0.560. The van der Waals surface area contributed by atoms with Crippen LogP contribution < -0.4 is 5.73 Å². The van der Waals surface area contributed by atoms with Crippen LogP contribution in [0.3, 0.4) is 0 Å². The molecule has 1 aromatic carbocycles. The summed E-state index contributed by atoms with van der Waals surface area (Å²) in [5, 5.41) is 1.17. The quantitative estimate of drug-likeness (QED) is 0.829. The van der Waals surface area contributed by atoms with Gasteiger partial charge in [0.15, 0.2) is 0 Å². The number of nitrogens with zero attached hydrogens (tertiary/aromatic N) is 1. The number of aromatic nitrogens is 1. The highest BCUT2D eigenvalue weighted by Gasteiger charge is 2.22. The van der Waals surface area contributed by atoms with E-state index in [0.29, 0.717) is 10.0 Å². The number of halogens is 2. The van der Waals surface area contributed by atoms with Crippen LogP contribution in [0.5, 0.6) is 0 Å². The van der Waals surface area contributed by atoms with Gasteiger partial charge in [-0.3, -0.25) is 0 Å². The summed E-state index contributed by atoms with van der Waals surface area (Å²) in [6.07, 6.45) is 3.27. The molecule has 0 radical (unpaired) electrons. The van der Waals surface area contributed by atoms with Crippen molar-refractivity contribution in [2.45, 2.75) is 32.2 Å². The predicted octanol–water partition coefficient (Wildman–Crippen LogP) is 4.43. The van der Waals surface area contributed by atoms with Crippen LogP contribution in [0.25, 0.3) is 5.69 Å². The number of hydrogen-bond acceptors (Lipinski definition) is 1. The molecule has 2 aromatic rings. The molecule has 1 aliphatic rings. The first-order valence-corrected chi connectivity index (χ1v) is 7.25. The Kier molecular flexibility index (Phi) is 3.34. The van der Waals surface area contributed by atoms with Gasteiger partial charge in [0.1, 0.15) is 0 Å². The van der Waals surface area contributed by atoms with Crippen molar-refractivity contribution in [3.63, 3.8) is 0 Å². The molecule has 1 aliphatic carbocycles. The third-order valence-corrected chi connectivity index (χ3v) is 4.55. The van der Waals surface area contributed by atoms with Crippen molar-refractivity contribution in [3.05, 3.63) is 51.3 Å². The Morgan fingerprint density at radius 2 is 2.00 bits per heavy atom. The fraction of sp³-hybridized carbons (Fsp3) is 0.333. The van der Waals surface area contributed by atoms with Crippen molar-refractivity contribution in [1.82, 2.24) is 4.57 Å². The van der Waals surface area contributed by atoms with Crippen LogP contribution in [0.1, 0.15) is 35.8 Å². The third-order valence-electron chi connectivity index (χ3n) is 3.81. The molecule has 1 aromatic heterocycles. The molecule has 0 saturated carbocycles. The van der Waals surface area contributed by atoms with Crippen molar-refractivity contribution < 1.29 is 0 Å². The molecule has 2 nitrogen and oxygen atoms in total. The van der Waals surface area contributed by atoms with Crippen LogP contribution in [0, 0.1) is 6.92 Å². The first-order valence-electron chi connectivity index (χ1n) is 6.50. The second-order valence-corrected chi connectivity index (χ2v) is 5.93. The van der Waals surface area contributed by atoms with E-state index >= 15 is 0 Å². The summed E-state index contributed by atoms with van der Waals surface area (Å²) in [6.45, 7) is 2.10. The third kappa shape index (κ3) is 2.18. The van der Waals surface area contributed by atoms with Gasteiger partial charge in [-0.05, 0) is 56.0 Å². The zero-order valence-corrected chi connectivity index (χ0v) is 12.3. The number of aryl methyl sites for hydroxylation is 1. The summed E-state index contributed by atoms with van der Waals surface area (Å²) in [6, 6.07) is 8.11. The van der Waals surface area contributed by atoms with Crippen molar-refractivity contribution >= 4 is 23.2 Å². The minimum absolute atomic E-state index is 0.159. The maximum Gasteiger partial charge on any atom is 0.0613 e. The molecular weight excluding hydrogens is 279 g/mol. The fourth-order valence-electron chi connectivity index (χ4n) is 2.92. The normalized spacial score (nSPS) is 18.4. The highest BCUT2D eigenvalue weighted by Crippen LogP contribution is 2.34. The monoisotopic (exact) mass is 294 g/mol. The minimum Gasteiger partial charge on any atom is -0.324 e. The van der Waals surface area contributed by atoms with Gasteiger partial charge in [-0.15, -0.1) is 0 Å². The average molecular weight is 295 g/mol. The Morgan fingerprint density at radius 3 is 2.74 bits per heavy atom. The van der Waals surface area contributed by atoms with Crippen molar-refractivity contribution in [2.24, 2.45) is 5.73 Å². The van der Waals surface area contributed by atoms with Crippen LogP contribution >= 0.6 is 23.2 Å². The summed E-state index contributed by atoms with van der Waals surface area (Å²) >= 11 is 12.1. The first kappa shape index (κ1) is 13.0. The van der Waals surface area contributed by atoms with E-state index in [9.17, 15) is 0 Å². The molecular formula is C15H16Cl2N2. The molecule has 4 heteroatoms. The van der Waals surface area contributed by atoms with Gasteiger partial charge in [0.05, 0.1) is 10.0 Å². The largest absolute Gasteiger partial charge is 0.324 e. The molecule has 0 fully saturated rings. The Hall–Kier alpha value is -0.960. The van der Waals surface area contributed by atoms with Crippen LogP contribution in [0.15, 0.2) is 24.3 Å². The van der Waals surface area contributed by atoms with Crippen molar-refractivity contribution in [3.8, 4) is 5.69 Å². The molecule has 19 heavy (non-hydrogen) atoms. The number of hydrogen-bond donors (Lipinski definition) is 1. The van der Waals surface area contributed by atoms with Gasteiger partial charge in [-0.25, -0.2) is 0 Å². The second-order valence-electron chi connectivity index (χ2n) is 5.12. The van der Waals surface area contributed by atoms with Gasteiger partial charge in [0.2, 0.25) is 0 Å². The zero-order chi connectivity index (χ0) is 13.6. The maximum absolute atomic E-state index is 6.20. The van der Waals surface area contributed by atoms with E-state index in [1.54, 1.807) is 0 Å². The lowest BCUT2D eigenvalue weighted by Gasteiger charge is -2.21. The Labute approximate surface area is 123 Å². The lowest BCUT2D eigenvalue weighted by Crippen LogP contribution is -2.17. The Bertz CT molecular complexity index is 631. The number of fused-ring (bicyclic) bond motifs is 1. The molecule has 0 saturated heterocycles. The summed E-state index contributed by atoms with van der Waals surface area (Å²) < 4.78 is 2.25. The number of rotatable bonds is 1. The maximum atomic E-state index is 6.20. The van der Waals surface area contributed by atoms with Crippen molar-refractivity contribution in [2.75, 3.05) is 0 Å². The lowest BCUT2D eigenvalue weighted by atomic mass is 9.93. The summed E-state index contributed by atoms with van der Waals surface area (Å²) in [4.78, 5) is 0. The standard InChI is InChI=1S/C15H16Cl2N2/c1-9-7-11-14(18)3-2-4-15(11)19(9)10-5-6-12(16)13(17)8-10/h5-8,14H,2-4,18H2,1H3. The minimum atomic E-state index is 0.159. The van der Waals surface area contributed by atoms with Crippen molar-refractivity contribution in [1.29, 1.82) is 0 Å². The van der Waals surface area contributed by atoms with Gasteiger partial charge in [0, 0.05) is 23.1 Å². The van der Waals surface area contributed by atoms with E-state index in [1.165, 1.54) is 17.0 Å². The molecule has 1 unspecified atom stereocenters. The number of nitrogens with two attached hydrogens (primary N) is 1. The summed E-state index contributed by atoms with van der Waals surface area (Å²) in [5.74, 6) is 0. The Morgan fingerprint density at radius 1 is 1.21 bits per heavy atom. The molecule has 2 N–H and O–H groups in total. The van der Waals surface area contributed by atoms with Crippen LogP contribution in [0.4, 0.5) is 0 Å². The number of benzene rings is 1. The molecule has 1 heterocycles. The van der Waals surface area contributed by atoms with E-state index in [4.69, 9.17) is 28.9 Å². The van der Waals surface area contributed by atoms with Crippen LogP contribution in [-0.2, 0) is 6.42 Å². The zero-order valence-electron chi connectivity index (χ0n) is 10.8. The summed E-state index contributed by atoms with van der Waals surface area (Å²) in [5.41, 5.74) is 11.0. The second kappa shape index (κ2) is 4.86.